The second-order valence-corrected chi connectivity index (χ2v) is 8.11. The molecule has 1 unspecified atom stereocenters. The summed E-state index contributed by atoms with van der Waals surface area (Å²) in [6.45, 7) is 4.69. The van der Waals surface area contributed by atoms with Crippen LogP contribution in [0.15, 0.2) is 35.1 Å². The Bertz CT molecular complexity index is 1410. The van der Waals surface area contributed by atoms with E-state index in [1.807, 2.05) is 0 Å². The summed E-state index contributed by atoms with van der Waals surface area (Å²) in [5.41, 5.74) is 0.241. The van der Waals surface area contributed by atoms with E-state index in [1.165, 1.54) is 24.5 Å². The number of Topliss-reactive ketones (excluding diaryl/α,β-unsaturated/α-hetero) is 1. The molecular formula is C23H21N3O7. The standard InChI is InChI=1S/C20H15N3O6.C3H6O/c1-2-20(26)13-7-16-17-10(8-22(16)18(24)12(13)9-29-19(20)25)6-11-14(21-17)4-3-5-15(11)23(27)28;1-3(2)4/h3-7,26H,2,8-9H2,1H3;1-2H3. The van der Waals surface area contributed by atoms with Gasteiger partial charge in [-0.1, -0.05) is 13.0 Å². The van der Waals surface area contributed by atoms with Crippen LogP contribution in [0.3, 0.4) is 0 Å². The molecule has 1 N–H and O–H groups in total. The minimum atomic E-state index is -1.89. The minimum Gasteiger partial charge on any atom is -0.458 e. The van der Waals surface area contributed by atoms with E-state index in [-0.39, 0.29) is 47.7 Å². The molecule has 2 aliphatic heterocycles. The van der Waals surface area contributed by atoms with Crippen molar-refractivity contribution < 1.29 is 24.4 Å². The molecule has 1 atom stereocenters. The van der Waals surface area contributed by atoms with E-state index in [0.717, 1.165) is 0 Å². The number of non-ortho nitro benzene ring substituents is 1. The Morgan fingerprint density at radius 2 is 2.00 bits per heavy atom. The molecule has 3 aromatic rings. The number of ketones is 1. The highest BCUT2D eigenvalue weighted by atomic mass is 16.6. The molecule has 5 rings (SSSR count). The number of hydrogen-bond acceptors (Lipinski definition) is 8. The Morgan fingerprint density at radius 3 is 2.64 bits per heavy atom. The number of benzene rings is 1. The molecule has 0 radical (unpaired) electrons. The van der Waals surface area contributed by atoms with Crippen molar-refractivity contribution >= 4 is 28.3 Å². The van der Waals surface area contributed by atoms with Gasteiger partial charge in [0.15, 0.2) is 5.60 Å². The van der Waals surface area contributed by atoms with Crippen molar-refractivity contribution in [2.45, 2.75) is 45.9 Å². The summed E-state index contributed by atoms with van der Waals surface area (Å²) in [5, 5.41) is 22.6. The predicted octanol–water partition coefficient (Wildman–Crippen LogP) is 2.58. The average Bonchev–Trinajstić information content (AvgIpc) is 3.12. The highest BCUT2D eigenvalue weighted by Crippen LogP contribution is 2.39. The lowest BCUT2D eigenvalue weighted by molar-refractivity contribution is -0.383. The summed E-state index contributed by atoms with van der Waals surface area (Å²) < 4.78 is 6.54. The minimum absolute atomic E-state index is 0.0558. The lowest BCUT2D eigenvalue weighted by atomic mass is 9.86. The first kappa shape index (κ1) is 22.3. The Kier molecular flexibility index (Phi) is 5.33. The number of pyridine rings is 2. The molecule has 0 amide bonds. The number of ether oxygens (including phenoxy) is 1. The topological polar surface area (TPSA) is 142 Å². The van der Waals surface area contributed by atoms with Gasteiger partial charge < -0.3 is 19.2 Å². The molecule has 2 aromatic heterocycles. The van der Waals surface area contributed by atoms with Crippen molar-refractivity contribution in [1.82, 2.24) is 9.55 Å². The van der Waals surface area contributed by atoms with E-state index >= 15 is 0 Å². The van der Waals surface area contributed by atoms with E-state index in [0.29, 0.717) is 27.9 Å². The van der Waals surface area contributed by atoms with Gasteiger partial charge in [0.05, 0.1) is 39.3 Å². The van der Waals surface area contributed by atoms with E-state index in [9.17, 15) is 29.6 Å². The summed E-state index contributed by atoms with van der Waals surface area (Å²) in [4.78, 5) is 50.1. The van der Waals surface area contributed by atoms with Crippen molar-refractivity contribution in [2.24, 2.45) is 0 Å². The number of hydrogen-bond donors (Lipinski definition) is 1. The largest absolute Gasteiger partial charge is 0.458 e. The predicted molar refractivity (Wildman–Crippen MR) is 118 cm³/mol. The number of cyclic esters (lactones) is 1. The molecule has 170 valence electrons. The first-order chi connectivity index (χ1) is 15.6. The van der Waals surface area contributed by atoms with Gasteiger partial charge in [0.25, 0.3) is 11.2 Å². The normalized spacial score (nSPS) is 17.9. The molecular weight excluding hydrogens is 430 g/mol. The van der Waals surface area contributed by atoms with Crippen LogP contribution in [0.25, 0.3) is 22.3 Å². The number of nitro benzene ring substituents is 1. The van der Waals surface area contributed by atoms with Gasteiger partial charge in [-0.2, -0.15) is 0 Å². The van der Waals surface area contributed by atoms with Crippen molar-refractivity contribution in [1.29, 1.82) is 0 Å². The lowest BCUT2D eigenvalue weighted by Gasteiger charge is -2.31. The number of aromatic nitrogens is 2. The quantitative estimate of drug-likeness (QED) is 0.278. The Labute approximate surface area is 187 Å². The molecule has 10 nitrogen and oxygen atoms in total. The first-order valence-electron chi connectivity index (χ1n) is 10.3. The first-order valence-corrected chi connectivity index (χ1v) is 10.3. The molecule has 1 aromatic carbocycles. The van der Waals surface area contributed by atoms with Crippen molar-refractivity contribution in [3.05, 3.63) is 67.5 Å². The number of nitrogens with zero attached hydrogens (tertiary/aromatic N) is 3. The van der Waals surface area contributed by atoms with Crippen molar-refractivity contribution in [3.8, 4) is 11.4 Å². The Morgan fingerprint density at radius 1 is 1.30 bits per heavy atom. The van der Waals surface area contributed by atoms with Gasteiger partial charge >= 0.3 is 5.97 Å². The summed E-state index contributed by atoms with van der Waals surface area (Å²) in [6.07, 6.45) is 0.0614. The monoisotopic (exact) mass is 451 g/mol. The van der Waals surface area contributed by atoms with Gasteiger partial charge in [-0.25, -0.2) is 9.78 Å². The third kappa shape index (κ3) is 3.48. The number of nitro groups is 1. The summed E-state index contributed by atoms with van der Waals surface area (Å²) >= 11 is 0. The Hall–Kier alpha value is -3.92. The van der Waals surface area contributed by atoms with Crippen LogP contribution >= 0.6 is 0 Å². The summed E-state index contributed by atoms with van der Waals surface area (Å²) in [7, 11) is 0. The zero-order valence-electron chi connectivity index (χ0n) is 18.2. The zero-order chi connectivity index (χ0) is 24.1. The van der Waals surface area contributed by atoms with Crippen LogP contribution in [0.1, 0.15) is 43.9 Å². The Balaban J connectivity index is 0.000000601. The van der Waals surface area contributed by atoms with E-state index in [2.05, 4.69) is 4.98 Å². The van der Waals surface area contributed by atoms with Gasteiger partial charge in [0, 0.05) is 17.2 Å². The highest BCUT2D eigenvalue weighted by molar-refractivity contribution is 5.91. The second-order valence-electron chi connectivity index (χ2n) is 8.11. The van der Waals surface area contributed by atoms with Gasteiger partial charge in [0.1, 0.15) is 12.4 Å². The number of carbonyl (C=O) groups excluding carboxylic acids is 2. The van der Waals surface area contributed by atoms with Crippen LogP contribution < -0.4 is 5.56 Å². The third-order valence-corrected chi connectivity index (χ3v) is 5.73. The van der Waals surface area contributed by atoms with Crippen molar-refractivity contribution in [2.75, 3.05) is 0 Å². The SMILES string of the molecule is CC(C)=O.CCC1(O)C(=O)OCc2c1cc1n(c2=O)Cc2cc3c([N+](=O)[O-])cccc3nc2-1. The number of carbonyl (C=O) groups is 2. The number of aliphatic hydroxyl groups is 1. The molecule has 2 aliphatic rings. The van der Waals surface area contributed by atoms with Crippen LogP contribution in [0.4, 0.5) is 5.69 Å². The maximum absolute atomic E-state index is 13.1. The fourth-order valence-electron chi connectivity index (χ4n) is 4.15. The van der Waals surface area contributed by atoms with Gasteiger partial charge in [-0.05, 0) is 38.5 Å². The van der Waals surface area contributed by atoms with Crippen LogP contribution in [-0.4, -0.2) is 31.3 Å². The lowest BCUT2D eigenvalue weighted by Crippen LogP contribution is -2.44. The smallest absolute Gasteiger partial charge is 0.343 e. The van der Waals surface area contributed by atoms with Gasteiger partial charge in [-0.3, -0.25) is 14.9 Å². The summed E-state index contributed by atoms with van der Waals surface area (Å²) in [5.74, 6) is -0.614. The molecule has 33 heavy (non-hydrogen) atoms. The fraction of sp³-hybridized carbons (Fsp3) is 0.304. The molecule has 0 spiro atoms. The molecule has 0 aliphatic carbocycles. The maximum atomic E-state index is 13.1. The number of fused-ring (bicyclic) bond motifs is 5. The van der Waals surface area contributed by atoms with E-state index in [1.54, 1.807) is 31.2 Å². The number of esters is 1. The van der Waals surface area contributed by atoms with E-state index < -0.39 is 16.5 Å². The third-order valence-electron chi connectivity index (χ3n) is 5.73. The summed E-state index contributed by atoms with van der Waals surface area (Å²) in [6, 6.07) is 7.92. The van der Waals surface area contributed by atoms with Crippen LogP contribution in [0.2, 0.25) is 0 Å². The maximum Gasteiger partial charge on any atom is 0.343 e. The van der Waals surface area contributed by atoms with Crippen LogP contribution in [-0.2, 0) is 33.1 Å². The fourth-order valence-corrected chi connectivity index (χ4v) is 4.15. The molecule has 0 bridgehead atoms. The van der Waals surface area contributed by atoms with E-state index in [4.69, 9.17) is 4.74 Å². The molecule has 0 saturated carbocycles. The van der Waals surface area contributed by atoms with Gasteiger partial charge in [-0.15, -0.1) is 0 Å². The molecule has 0 fully saturated rings. The van der Waals surface area contributed by atoms with Crippen molar-refractivity contribution in [3.63, 3.8) is 0 Å². The average molecular weight is 451 g/mol. The van der Waals surface area contributed by atoms with Gasteiger partial charge in [0.2, 0.25) is 0 Å². The molecule has 10 heteroatoms. The highest BCUT2D eigenvalue weighted by Gasteiger charge is 2.45. The van der Waals surface area contributed by atoms with Crippen LogP contribution in [0.5, 0.6) is 0 Å². The second kappa shape index (κ2) is 7.89. The molecule has 0 saturated heterocycles. The molecule has 4 heterocycles. The number of rotatable bonds is 2. The van der Waals surface area contributed by atoms with Crippen LogP contribution in [0, 0.1) is 10.1 Å². The zero-order valence-corrected chi connectivity index (χ0v) is 18.2.